The lowest BCUT2D eigenvalue weighted by Crippen LogP contribution is -2.00. The van der Waals surface area contributed by atoms with E-state index in [0.717, 1.165) is 39.0 Å². The van der Waals surface area contributed by atoms with Gasteiger partial charge in [-0.25, -0.2) is 4.98 Å². The minimum Gasteiger partial charge on any atom is -0.470 e. The first-order valence-electron chi connectivity index (χ1n) is 9.64. The Morgan fingerprint density at radius 1 is 0.900 bits per heavy atom. The van der Waals surface area contributed by atoms with E-state index in [0.29, 0.717) is 12.5 Å². The first-order valence-corrected chi connectivity index (χ1v) is 9.64. The van der Waals surface area contributed by atoms with Gasteiger partial charge in [0.05, 0.1) is 22.5 Å². The molecule has 6 nitrogen and oxygen atoms in total. The van der Waals surface area contributed by atoms with Crippen molar-refractivity contribution in [2.75, 3.05) is 0 Å². The second-order valence-corrected chi connectivity index (χ2v) is 6.97. The summed E-state index contributed by atoms with van der Waals surface area (Å²) < 4.78 is 7.71. The van der Waals surface area contributed by atoms with Crippen LogP contribution in [0.5, 0.6) is 5.88 Å². The van der Waals surface area contributed by atoms with Gasteiger partial charge >= 0.3 is 0 Å². The number of pyridine rings is 3. The fourth-order valence-electron chi connectivity index (χ4n) is 3.33. The van der Waals surface area contributed by atoms with Gasteiger partial charge in [-0.3, -0.25) is 14.6 Å². The van der Waals surface area contributed by atoms with E-state index in [2.05, 4.69) is 27.2 Å². The highest BCUT2D eigenvalue weighted by atomic mass is 16.5. The molecule has 146 valence electrons. The SMILES string of the molecule is Cn1cc(-c2ccncc2)c(OCc2ccc(-c3ccc4ccccc4n3)cn2)n1. The largest absolute Gasteiger partial charge is 0.470 e. The Labute approximate surface area is 173 Å². The number of aryl methyl sites for hydroxylation is 1. The van der Waals surface area contributed by atoms with E-state index in [9.17, 15) is 0 Å². The molecule has 0 atom stereocenters. The molecule has 0 N–H and O–H groups in total. The summed E-state index contributed by atoms with van der Waals surface area (Å²) in [6.45, 7) is 0.334. The number of ether oxygens (including phenoxy) is 1. The van der Waals surface area contributed by atoms with E-state index < -0.39 is 0 Å². The molecule has 0 aliphatic rings. The van der Waals surface area contributed by atoms with Crippen LogP contribution in [0.4, 0.5) is 0 Å². The van der Waals surface area contributed by atoms with E-state index in [1.165, 1.54) is 0 Å². The normalized spacial score (nSPS) is 11.0. The molecule has 5 rings (SSSR count). The van der Waals surface area contributed by atoms with Crippen LogP contribution in [0.15, 0.2) is 85.5 Å². The molecule has 0 spiro atoms. The lowest BCUT2D eigenvalue weighted by atomic mass is 10.1. The van der Waals surface area contributed by atoms with Gasteiger partial charge in [-0.15, -0.1) is 5.10 Å². The predicted molar refractivity (Wildman–Crippen MR) is 116 cm³/mol. The summed E-state index contributed by atoms with van der Waals surface area (Å²) in [7, 11) is 1.88. The van der Waals surface area contributed by atoms with E-state index in [-0.39, 0.29) is 0 Å². The maximum atomic E-state index is 5.97. The van der Waals surface area contributed by atoms with Crippen LogP contribution in [0.25, 0.3) is 33.3 Å². The molecule has 4 heterocycles. The van der Waals surface area contributed by atoms with Crippen molar-refractivity contribution >= 4 is 10.9 Å². The Balaban J connectivity index is 1.33. The summed E-state index contributed by atoms with van der Waals surface area (Å²) in [5.74, 6) is 0.575. The molecular weight excluding hydrogens is 374 g/mol. The highest BCUT2D eigenvalue weighted by molar-refractivity contribution is 5.81. The van der Waals surface area contributed by atoms with Crippen LogP contribution < -0.4 is 4.74 Å². The van der Waals surface area contributed by atoms with Gasteiger partial charge in [0.15, 0.2) is 0 Å². The molecule has 0 bridgehead atoms. The standard InChI is InChI=1S/C24H19N5O/c1-29-15-21(17-10-12-25-13-11-17)24(28-29)30-16-20-8-6-19(14-26-20)23-9-7-18-4-2-3-5-22(18)27-23/h2-15H,16H2,1H3. The van der Waals surface area contributed by atoms with Crippen LogP contribution in [0.3, 0.4) is 0 Å². The molecule has 0 amide bonds. The average molecular weight is 393 g/mol. The van der Waals surface area contributed by atoms with Crippen LogP contribution in [-0.4, -0.2) is 24.7 Å². The van der Waals surface area contributed by atoms with E-state index in [1.807, 2.05) is 68.0 Å². The van der Waals surface area contributed by atoms with Crippen molar-refractivity contribution in [2.24, 2.45) is 7.05 Å². The summed E-state index contributed by atoms with van der Waals surface area (Å²) in [6, 6.07) is 20.0. The number of fused-ring (bicyclic) bond motifs is 1. The first kappa shape index (κ1) is 18.0. The van der Waals surface area contributed by atoms with Gasteiger partial charge in [-0.1, -0.05) is 24.3 Å². The lowest BCUT2D eigenvalue weighted by molar-refractivity contribution is 0.287. The molecule has 0 aliphatic heterocycles. The minimum atomic E-state index is 0.334. The summed E-state index contributed by atoms with van der Waals surface area (Å²) >= 11 is 0. The van der Waals surface area contributed by atoms with Crippen LogP contribution in [0.1, 0.15) is 5.69 Å². The van der Waals surface area contributed by atoms with E-state index in [4.69, 9.17) is 9.72 Å². The molecule has 0 radical (unpaired) electrons. The summed E-state index contributed by atoms with van der Waals surface area (Å²) in [5.41, 5.74) is 5.61. The zero-order valence-electron chi connectivity index (χ0n) is 16.4. The van der Waals surface area contributed by atoms with Crippen LogP contribution >= 0.6 is 0 Å². The molecule has 0 aliphatic carbocycles. The summed E-state index contributed by atoms with van der Waals surface area (Å²) in [4.78, 5) is 13.3. The highest BCUT2D eigenvalue weighted by Crippen LogP contribution is 2.28. The average Bonchev–Trinajstić information content (AvgIpc) is 3.19. The van der Waals surface area contributed by atoms with Gasteiger partial charge < -0.3 is 4.74 Å². The third-order valence-corrected chi connectivity index (χ3v) is 4.86. The quantitative estimate of drug-likeness (QED) is 0.434. The second kappa shape index (κ2) is 7.75. The van der Waals surface area contributed by atoms with Crippen molar-refractivity contribution in [1.29, 1.82) is 0 Å². The van der Waals surface area contributed by atoms with Gasteiger partial charge in [0.25, 0.3) is 0 Å². The van der Waals surface area contributed by atoms with E-state index in [1.54, 1.807) is 17.1 Å². The number of aromatic nitrogens is 5. The molecule has 4 aromatic heterocycles. The Hall–Kier alpha value is -4.06. The molecule has 0 fully saturated rings. The molecular formula is C24H19N5O. The fourth-order valence-corrected chi connectivity index (χ4v) is 3.33. The minimum absolute atomic E-state index is 0.334. The van der Waals surface area contributed by atoms with Crippen LogP contribution in [-0.2, 0) is 13.7 Å². The predicted octanol–water partition coefficient (Wildman–Crippen LogP) is 4.67. The van der Waals surface area contributed by atoms with E-state index >= 15 is 0 Å². The van der Waals surface area contributed by atoms with Gasteiger partial charge in [-0.05, 0) is 42.0 Å². The zero-order valence-corrected chi connectivity index (χ0v) is 16.4. The van der Waals surface area contributed by atoms with Gasteiger partial charge in [0.2, 0.25) is 5.88 Å². The topological polar surface area (TPSA) is 65.7 Å². The zero-order chi connectivity index (χ0) is 20.3. The number of nitrogens with zero attached hydrogens (tertiary/aromatic N) is 5. The number of hydrogen-bond donors (Lipinski definition) is 0. The maximum Gasteiger partial charge on any atom is 0.241 e. The Kier molecular flexibility index (Phi) is 4.65. The summed E-state index contributed by atoms with van der Waals surface area (Å²) in [6.07, 6.45) is 7.28. The molecule has 5 aromatic rings. The molecule has 0 unspecified atom stereocenters. The Morgan fingerprint density at radius 2 is 1.77 bits per heavy atom. The van der Waals surface area contributed by atoms with Gasteiger partial charge in [0.1, 0.15) is 6.61 Å². The highest BCUT2D eigenvalue weighted by Gasteiger charge is 2.12. The molecule has 0 saturated carbocycles. The third-order valence-electron chi connectivity index (χ3n) is 4.86. The molecule has 1 aromatic carbocycles. The van der Waals surface area contributed by atoms with Crippen molar-refractivity contribution in [2.45, 2.75) is 6.61 Å². The van der Waals surface area contributed by atoms with Crippen molar-refractivity contribution < 1.29 is 4.74 Å². The number of hydrogen-bond acceptors (Lipinski definition) is 5. The number of benzene rings is 1. The van der Waals surface area contributed by atoms with Crippen molar-refractivity contribution in [3.05, 3.63) is 91.1 Å². The number of para-hydroxylation sites is 1. The molecule has 30 heavy (non-hydrogen) atoms. The van der Waals surface area contributed by atoms with Crippen LogP contribution in [0, 0.1) is 0 Å². The molecule has 0 saturated heterocycles. The second-order valence-electron chi connectivity index (χ2n) is 6.97. The third kappa shape index (κ3) is 3.63. The molecule has 6 heteroatoms. The number of rotatable bonds is 5. The monoisotopic (exact) mass is 393 g/mol. The Morgan fingerprint density at radius 3 is 2.60 bits per heavy atom. The van der Waals surface area contributed by atoms with Crippen molar-refractivity contribution in [3.63, 3.8) is 0 Å². The smallest absolute Gasteiger partial charge is 0.241 e. The van der Waals surface area contributed by atoms with Gasteiger partial charge in [0, 0.05) is 42.8 Å². The summed E-state index contributed by atoms with van der Waals surface area (Å²) in [5, 5.41) is 5.56. The lowest BCUT2D eigenvalue weighted by Gasteiger charge is -2.07. The van der Waals surface area contributed by atoms with Gasteiger partial charge in [-0.2, -0.15) is 0 Å². The maximum absolute atomic E-state index is 5.97. The Bertz CT molecular complexity index is 1300. The first-order chi connectivity index (χ1) is 14.8. The fraction of sp³-hybridized carbons (Fsp3) is 0.0833. The van der Waals surface area contributed by atoms with Crippen LogP contribution in [0.2, 0.25) is 0 Å². The van der Waals surface area contributed by atoms with Crippen molar-refractivity contribution in [1.82, 2.24) is 24.7 Å². The van der Waals surface area contributed by atoms with Crippen molar-refractivity contribution in [3.8, 4) is 28.3 Å².